The van der Waals surface area contributed by atoms with Crippen LogP contribution in [0, 0.1) is 0 Å². The molecule has 3 rings (SSSR count). The minimum atomic E-state index is -0.452. The van der Waals surface area contributed by atoms with Gasteiger partial charge in [-0.1, -0.05) is 60.7 Å². The third-order valence-electron chi connectivity index (χ3n) is 3.49. The molecule has 0 aliphatic heterocycles. The van der Waals surface area contributed by atoms with Gasteiger partial charge in [0.15, 0.2) is 0 Å². The van der Waals surface area contributed by atoms with Crippen LogP contribution in [0.4, 0.5) is 0 Å². The molecule has 0 amide bonds. The lowest BCUT2D eigenvalue weighted by Gasteiger charge is -2.08. The highest BCUT2D eigenvalue weighted by molar-refractivity contribution is 5.90. The predicted molar refractivity (Wildman–Crippen MR) is 94.7 cm³/mol. The third-order valence-corrected chi connectivity index (χ3v) is 3.49. The van der Waals surface area contributed by atoms with Gasteiger partial charge in [-0.2, -0.15) is 0 Å². The second kappa shape index (κ2) is 7.29. The molecule has 24 heavy (non-hydrogen) atoms. The summed E-state index contributed by atoms with van der Waals surface area (Å²) >= 11 is 0. The molecule has 0 saturated heterocycles. The topological polar surface area (TPSA) is 46.5 Å². The van der Waals surface area contributed by atoms with E-state index in [1.807, 2.05) is 48.5 Å². The molecule has 0 unspecified atom stereocenters. The number of esters is 1. The van der Waals surface area contributed by atoms with Crippen molar-refractivity contribution in [1.29, 1.82) is 0 Å². The molecule has 1 N–H and O–H groups in total. The molecule has 0 heterocycles. The number of carbonyl (C=O) groups is 1. The van der Waals surface area contributed by atoms with Crippen LogP contribution < -0.4 is 4.74 Å². The van der Waals surface area contributed by atoms with E-state index in [0.29, 0.717) is 5.75 Å². The van der Waals surface area contributed by atoms with Crippen LogP contribution in [0.1, 0.15) is 5.56 Å². The van der Waals surface area contributed by atoms with Gasteiger partial charge in [0.05, 0.1) is 0 Å². The molecule has 3 aromatic carbocycles. The largest absolute Gasteiger partial charge is 0.508 e. The first kappa shape index (κ1) is 15.6. The summed E-state index contributed by atoms with van der Waals surface area (Å²) in [5.74, 6) is 0.252. The van der Waals surface area contributed by atoms with E-state index in [2.05, 4.69) is 0 Å². The van der Waals surface area contributed by atoms with E-state index in [4.69, 9.17) is 4.74 Å². The van der Waals surface area contributed by atoms with Gasteiger partial charge in [-0.25, -0.2) is 4.79 Å². The van der Waals surface area contributed by atoms with Crippen molar-refractivity contribution < 1.29 is 14.6 Å². The van der Waals surface area contributed by atoms with Crippen molar-refractivity contribution in [3.8, 4) is 22.6 Å². The Balaban J connectivity index is 1.76. The molecule has 0 aliphatic rings. The lowest BCUT2D eigenvalue weighted by Crippen LogP contribution is -2.04. The molecule has 3 aromatic rings. The van der Waals surface area contributed by atoms with Crippen LogP contribution in [0.25, 0.3) is 17.2 Å². The molecule has 118 valence electrons. The molecule has 0 saturated carbocycles. The SMILES string of the molecule is O=C(C=Cc1ccc(O)cc1)Oc1ccccc1-c1ccccc1. The van der Waals surface area contributed by atoms with E-state index in [-0.39, 0.29) is 5.75 Å². The maximum absolute atomic E-state index is 12.1. The van der Waals surface area contributed by atoms with Gasteiger partial charge in [-0.15, -0.1) is 0 Å². The summed E-state index contributed by atoms with van der Waals surface area (Å²) in [6.07, 6.45) is 3.01. The number of carbonyl (C=O) groups excluding carboxylic acids is 1. The Kier molecular flexibility index (Phi) is 4.73. The van der Waals surface area contributed by atoms with E-state index < -0.39 is 5.97 Å². The highest BCUT2D eigenvalue weighted by atomic mass is 16.5. The van der Waals surface area contributed by atoms with E-state index in [1.165, 1.54) is 6.08 Å². The summed E-state index contributed by atoms with van der Waals surface area (Å²) in [4.78, 5) is 12.1. The number of aromatic hydroxyl groups is 1. The highest BCUT2D eigenvalue weighted by Crippen LogP contribution is 2.29. The van der Waals surface area contributed by atoms with E-state index in [1.54, 1.807) is 36.4 Å². The number of rotatable bonds is 4. The summed E-state index contributed by atoms with van der Waals surface area (Å²) in [6, 6.07) is 23.8. The fourth-order valence-electron chi connectivity index (χ4n) is 2.30. The molecule has 3 nitrogen and oxygen atoms in total. The van der Waals surface area contributed by atoms with Crippen molar-refractivity contribution in [2.75, 3.05) is 0 Å². The first-order valence-electron chi connectivity index (χ1n) is 7.56. The molecule has 0 aliphatic carbocycles. The number of ether oxygens (including phenoxy) is 1. The minimum Gasteiger partial charge on any atom is -0.508 e. The standard InChI is InChI=1S/C21H16O3/c22-18-13-10-16(11-14-18)12-15-21(23)24-20-9-5-4-8-19(20)17-6-2-1-3-7-17/h1-15,22H. The Bertz CT molecular complexity index is 850. The number of hydrogen-bond acceptors (Lipinski definition) is 3. The first-order chi connectivity index (χ1) is 11.7. The average Bonchev–Trinajstić information content (AvgIpc) is 2.62. The number of phenols is 1. The van der Waals surface area contributed by atoms with Crippen LogP contribution >= 0.6 is 0 Å². The van der Waals surface area contributed by atoms with Crippen LogP contribution in [0.5, 0.6) is 11.5 Å². The van der Waals surface area contributed by atoms with Gasteiger partial charge in [0.25, 0.3) is 0 Å². The van der Waals surface area contributed by atoms with Gasteiger partial charge in [-0.3, -0.25) is 0 Å². The molecule has 0 spiro atoms. The summed E-state index contributed by atoms with van der Waals surface area (Å²) in [6.45, 7) is 0. The maximum Gasteiger partial charge on any atom is 0.336 e. The van der Waals surface area contributed by atoms with Crippen molar-refractivity contribution in [2.24, 2.45) is 0 Å². The molecule has 3 heteroatoms. The van der Waals surface area contributed by atoms with Gasteiger partial charge in [0.1, 0.15) is 11.5 Å². The van der Waals surface area contributed by atoms with Crippen molar-refractivity contribution in [2.45, 2.75) is 0 Å². The smallest absolute Gasteiger partial charge is 0.336 e. The average molecular weight is 316 g/mol. The molecular weight excluding hydrogens is 300 g/mol. The minimum absolute atomic E-state index is 0.187. The monoisotopic (exact) mass is 316 g/mol. The van der Waals surface area contributed by atoms with Gasteiger partial charge >= 0.3 is 5.97 Å². The lowest BCUT2D eigenvalue weighted by atomic mass is 10.1. The summed E-state index contributed by atoms with van der Waals surface area (Å²) in [5.41, 5.74) is 2.66. The Morgan fingerprint density at radius 3 is 2.25 bits per heavy atom. The fourth-order valence-corrected chi connectivity index (χ4v) is 2.30. The van der Waals surface area contributed by atoms with Crippen molar-refractivity contribution in [1.82, 2.24) is 0 Å². The van der Waals surface area contributed by atoms with Crippen LogP contribution in [0.3, 0.4) is 0 Å². The van der Waals surface area contributed by atoms with E-state index in [9.17, 15) is 9.90 Å². The van der Waals surface area contributed by atoms with Gasteiger partial charge in [0, 0.05) is 11.6 Å². The van der Waals surface area contributed by atoms with E-state index in [0.717, 1.165) is 16.7 Å². The number of benzene rings is 3. The quantitative estimate of drug-likeness (QED) is 0.432. The first-order valence-corrected chi connectivity index (χ1v) is 7.56. The number of para-hydroxylation sites is 1. The van der Waals surface area contributed by atoms with E-state index >= 15 is 0 Å². The molecule has 0 bridgehead atoms. The second-order valence-electron chi connectivity index (χ2n) is 5.21. The zero-order chi connectivity index (χ0) is 16.8. The Labute approximate surface area is 140 Å². The van der Waals surface area contributed by atoms with Crippen molar-refractivity contribution in [3.05, 3.63) is 90.5 Å². The number of hydrogen-bond donors (Lipinski definition) is 1. The summed E-state index contributed by atoms with van der Waals surface area (Å²) in [5, 5.41) is 9.25. The normalized spacial score (nSPS) is 10.7. The highest BCUT2D eigenvalue weighted by Gasteiger charge is 2.08. The van der Waals surface area contributed by atoms with Gasteiger partial charge in [-0.05, 0) is 35.4 Å². The molecule has 0 fully saturated rings. The fraction of sp³-hybridized carbons (Fsp3) is 0. The molecular formula is C21H16O3. The van der Waals surface area contributed by atoms with Crippen molar-refractivity contribution in [3.63, 3.8) is 0 Å². The molecule has 0 aromatic heterocycles. The Morgan fingerprint density at radius 2 is 1.50 bits per heavy atom. The summed E-state index contributed by atoms with van der Waals surface area (Å²) < 4.78 is 5.47. The maximum atomic E-state index is 12.1. The zero-order valence-electron chi connectivity index (χ0n) is 12.9. The van der Waals surface area contributed by atoms with Gasteiger partial charge < -0.3 is 9.84 Å². The van der Waals surface area contributed by atoms with Gasteiger partial charge in [0.2, 0.25) is 0 Å². The summed E-state index contributed by atoms with van der Waals surface area (Å²) in [7, 11) is 0. The van der Waals surface area contributed by atoms with Crippen LogP contribution in [-0.4, -0.2) is 11.1 Å². The van der Waals surface area contributed by atoms with Crippen LogP contribution in [0.15, 0.2) is 84.9 Å². The third kappa shape index (κ3) is 3.90. The Hall–Kier alpha value is -3.33. The molecule has 0 radical (unpaired) electrons. The predicted octanol–water partition coefficient (Wildman–Crippen LogP) is 4.68. The zero-order valence-corrected chi connectivity index (χ0v) is 12.9. The molecule has 0 atom stereocenters. The number of phenolic OH excluding ortho intramolecular Hbond substituents is 1. The second-order valence-corrected chi connectivity index (χ2v) is 5.21. The van der Waals surface area contributed by atoms with Crippen LogP contribution in [0.2, 0.25) is 0 Å². The Morgan fingerprint density at radius 1 is 0.833 bits per heavy atom. The van der Waals surface area contributed by atoms with Crippen molar-refractivity contribution >= 4 is 12.0 Å². The van der Waals surface area contributed by atoms with Crippen LogP contribution in [-0.2, 0) is 4.79 Å². The lowest BCUT2D eigenvalue weighted by molar-refractivity contribution is -0.128.